The summed E-state index contributed by atoms with van der Waals surface area (Å²) in [5.41, 5.74) is 8.82. The molecule has 2 aliphatic heterocycles. The number of carbonyl (C=O) groups excluding carboxylic acids is 1. The Balaban J connectivity index is 1.52. The number of nitrogen functional groups attached to an aromatic ring is 1. The van der Waals surface area contributed by atoms with Gasteiger partial charge in [-0.15, -0.1) is 0 Å². The first kappa shape index (κ1) is 20.6. The monoisotopic (exact) mass is 411 g/mol. The predicted octanol–water partition coefficient (Wildman–Crippen LogP) is 1.77. The van der Waals surface area contributed by atoms with Gasteiger partial charge in [0.25, 0.3) is 0 Å². The first-order valence-corrected chi connectivity index (χ1v) is 10.5. The Morgan fingerprint density at radius 2 is 2.00 bits per heavy atom. The molecular weight excluding hydrogens is 382 g/mol. The number of carbonyl (C=O) groups is 1. The van der Waals surface area contributed by atoms with Crippen molar-refractivity contribution in [1.82, 2.24) is 19.8 Å². The summed E-state index contributed by atoms with van der Waals surface area (Å²) in [5, 5.41) is 0. The second-order valence-electron chi connectivity index (χ2n) is 7.82. The molecule has 4 rings (SSSR count). The van der Waals surface area contributed by atoms with E-state index in [2.05, 4.69) is 14.9 Å². The SMILES string of the molecule is COc1ccc(-c2cnc(N)nc2[C@H]2CCCN(C(=O)CN3CCOCC3)C2)cc1. The molecule has 0 saturated carbocycles. The number of anilines is 1. The summed E-state index contributed by atoms with van der Waals surface area (Å²) in [6.45, 7) is 4.91. The van der Waals surface area contributed by atoms with E-state index in [0.717, 1.165) is 55.0 Å². The lowest BCUT2D eigenvalue weighted by Gasteiger charge is -2.35. The van der Waals surface area contributed by atoms with Gasteiger partial charge in [0.2, 0.25) is 11.9 Å². The molecule has 0 aliphatic carbocycles. The van der Waals surface area contributed by atoms with E-state index >= 15 is 0 Å². The smallest absolute Gasteiger partial charge is 0.236 e. The van der Waals surface area contributed by atoms with E-state index in [4.69, 9.17) is 15.2 Å². The van der Waals surface area contributed by atoms with Crippen molar-refractivity contribution < 1.29 is 14.3 Å². The highest BCUT2D eigenvalue weighted by Crippen LogP contribution is 2.34. The Morgan fingerprint density at radius 3 is 2.73 bits per heavy atom. The van der Waals surface area contributed by atoms with Gasteiger partial charge < -0.3 is 20.1 Å². The summed E-state index contributed by atoms with van der Waals surface area (Å²) in [4.78, 5) is 25.9. The van der Waals surface area contributed by atoms with Crippen LogP contribution in [0.5, 0.6) is 5.75 Å². The van der Waals surface area contributed by atoms with E-state index in [1.807, 2.05) is 29.2 Å². The number of nitrogens with zero attached hydrogens (tertiary/aromatic N) is 4. The third kappa shape index (κ3) is 4.71. The average Bonchev–Trinajstić information content (AvgIpc) is 2.80. The van der Waals surface area contributed by atoms with Crippen LogP contribution in [0.2, 0.25) is 0 Å². The summed E-state index contributed by atoms with van der Waals surface area (Å²) >= 11 is 0. The Morgan fingerprint density at radius 1 is 1.23 bits per heavy atom. The number of hydrogen-bond acceptors (Lipinski definition) is 7. The van der Waals surface area contributed by atoms with Crippen LogP contribution in [0.25, 0.3) is 11.1 Å². The number of ether oxygens (including phenoxy) is 2. The highest BCUT2D eigenvalue weighted by Gasteiger charge is 2.29. The highest BCUT2D eigenvalue weighted by atomic mass is 16.5. The van der Waals surface area contributed by atoms with Crippen LogP contribution in [0, 0.1) is 0 Å². The molecule has 3 heterocycles. The van der Waals surface area contributed by atoms with Crippen LogP contribution in [0.3, 0.4) is 0 Å². The normalized spacial score (nSPS) is 20.2. The summed E-state index contributed by atoms with van der Waals surface area (Å²) in [7, 11) is 1.65. The fourth-order valence-corrected chi connectivity index (χ4v) is 4.19. The van der Waals surface area contributed by atoms with Gasteiger partial charge in [0.15, 0.2) is 0 Å². The molecule has 0 radical (unpaired) electrons. The Labute approximate surface area is 177 Å². The molecule has 0 spiro atoms. The van der Waals surface area contributed by atoms with Gasteiger partial charge in [-0.25, -0.2) is 9.97 Å². The predicted molar refractivity (Wildman–Crippen MR) is 114 cm³/mol. The summed E-state index contributed by atoms with van der Waals surface area (Å²) in [6, 6.07) is 7.85. The quantitative estimate of drug-likeness (QED) is 0.801. The van der Waals surface area contributed by atoms with Crippen molar-refractivity contribution in [3.63, 3.8) is 0 Å². The van der Waals surface area contributed by atoms with Crippen molar-refractivity contribution in [2.45, 2.75) is 18.8 Å². The Kier molecular flexibility index (Phi) is 6.44. The minimum absolute atomic E-state index is 0.134. The number of methoxy groups -OCH3 is 1. The Hall–Kier alpha value is -2.71. The maximum atomic E-state index is 12.9. The zero-order chi connectivity index (χ0) is 20.9. The zero-order valence-corrected chi connectivity index (χ0v) is 17.4. The Bertz CT molecular complexity index is 868. The molecule has 2 saturated heterocycles. The van der Waals surface area contributed by atoms with Crippen LogP contribution in [0.15, 0.2) is 30.5 Å². The lowest BCUT2D eigenvalue weighted by atomic mass is 9.90. The third-order valence-electron chi connectivity index (χ3n) is 5.86. The van der Waals surface area contributed by atoms with Crippen molar-refractivity contribution in [3.05, 3.63) is 36.2 Å². The number of hydrogen-bond donors (Lipinski definition) is 1. The summed E-state index contributed by atoms with van der Waals surface area (Å²) < 4.78 is 10.6. The number of rotatable bonds is 5. The highest BCUT2D eigenvalue weighted by molar-refractivity contribution is 5.78. The molecule has 30 heavy (non-hydrogen) atoms. The van der Waals surface area contributed by atoms with Crippen molar-refractivity contribution >= 4 is 11.9 Å². The molecule has 1 amide bonds. The van der Waals surface area contributed by atoms with Crippen LogP contribution in [0.1, 0.15) is 24.5 Å². The van der Waals surface area contributed by atoms with Crippen molar-refractivity contribution in [2.75, 3.05) is 58.8 Å². The second kappa shape index (κ2) is 9.40. The minimum Gasteiger partial charge on any atom is -0.497 e. The molecule has 0 unspecified atom stereocenters. The number of benzene rings is 1. The number of piperidine rings is 1. The molecule has 1 aromatic carbocycles. The van der Waals surface area contributed by atoms with Crippen molar-refractivity contribution in [3.8, 4) is 16.9 Å². The number of morpholine rings is 1. The fourth-order valence-electron chi connectivity index (χ4n) is 4.19. The molecule has 2 aromatic rings. The molecule has 2 N–H and O–H groups in total. The van der Waals surface area contributed by atoms with E-state index < -0.39 is 0 Å². The number of amides is 1. The van der Waals surface area contributed by atoms with Crippen LogP contribution in [0.4, 0.5) is 5.95 Å². The molecule has 8 heteroatoms. The van der Waals surface area contributed by atoms with Crippen LogP contribution in [-0.2, 0) is 9.53 Å². The van der Waals surface area contributed by atoms with E-state index in [1.165, 1.54) is 0 Å². The lowest BCUT2D eigenvalue weighted by Crippen LogP contribution is -2.47. The van der Waals surface area contributed by atoms with Crippen LogP contribution < -0.4 is 10.5 Å². The van der Waals surface area contributed by atoms with Gasteiger partial charge in [-0.2, -0.15) is 0 Å². The van der Waals surface area contributed by atoms with Gasteiger partial charge in [0.1, 0.15) is 5.75 Å². The van der Waals surface area contributed by atoms with E-state index in [9.17, 15) is 4.79 Å². The van der Waals surface area contributed by atoms with Gasteiger partial charge >= 0.3 is 0 Å². The first-order chi connectivity index (χ1) is 14.6. The van der Waals surface area contributed by atoms with E-state index in [1.54, 1.807) is 13.3 Å². The summed E-state index contributed by atoms with van der Waals surface area (Å²) in [5.74, 6) is 1.37. The third-order valence-corrected chi connectivity index (χ3v) is 5.86. The molecule has 2 fully saturated rings. The molecule has 1 atom stereocenters. The molecule has 160 valence electrons. The second-order valence-corrected chi connectivity index (χ2v) is 7.82. The molecule has 8 nitrogen and oxygen atoms in total. The van der Waals surface area contributed by atoms with Crippen molar-refractivity contribution in [1.29, 1.82) is 0 Å². The van der Waals surface area contributed by atoms with E-state index in [-0.39, 0.29) is 17.8 Å². The average molecular weight is 412 g/mol. The van der Waals surface area contributed by atoms with Gasteiger partial charge in [-0.3, -0.25) is 9.69 Å². The zero-order valence-electron chi connectivity index (χ0n) is 17.4. The number of aromatic nitrogens is 2. The van der Waals surface area contributed by atoms with Gasteiger partial charge in [0, 0.05) is 43.9 Å². The van der Waals surface area contributed by atoms with Crippen molar-refractivity contribution in [2.24, 2.45) is 0 Å². The molecule has 1 aromatic heterocycles. The minimum atomic E-state index is 0.134. The van der Waals surface area contributed by atoms with E-state index in [0.29, 0.717) is 26.3 Å². The van der Waals surface area contributed by atoms with Crippen LogP contribution >= 0.6 is 0 Å². The van der Waals surface area contributed by atoms with Gasteiger partial charge in [-0.1, -0.05) is 12.1 Å². The summed E-state index contributed by atoms with van der Waals surface area (Å²) in [6.07, 6.45) is 3.71. The largest absolute Gasteiger partial charge is 0.497 e. The topological polar surface area (TPSA) is 93.8 Å². The van der Waals surface area contributed by atoms with Gasteiger partial charge in [0.05, 0.1) is 32.6 Å². The maximum absolute atomic E-state index is 12.9. The molecular formula is C22H29N5O3. The standard InChI is InChI=1S/C22H29N5O3/c1-29-18-6-4-16(5-7-18)19-13-24-22(23)25-21(19)17-3-2-8-27(14-17)20(28)15-26-9-11-30-12-10-26/h4-7,13,17H,2-3,8-12,14-15H2,1H3,(H2,23,24,25)/t17-/m0/s1. The van der Waals surface area contributed by atoms with Crippen LogP contribution in [-0.4, -0.2) is 78.7 Å². The number of likely N-dealkylation sites (tertiary alicyclic amines) is 1. The fraction of sp³-hybridized carbons (Fsp3) is 0.500. The van der Waals surface area contributed by atoms with Gasteiger partial charge in [-0.05, 0) is 30.5 Å². The lowest BCUT2D eigenvalue weighted by molar-refractivity contribution is -0.134. The molecule has 2 aliphatic rings. The number of nitrogens with two attached hydrogens (primary N) is 1. The maximum Gasteiger partial charge on any atom is 0.236 e. The molecule has 0 bridgehead atoms. The first-order valence-electron chi connectivity index (χ1n) is 10.5.